The van der Waals surface area contributed by atoms with Crippen molar-refractivity contribution in [3.05, 3.63) is 18.2 Å². The van der Waals surface area contributed by atoms with Crippen LogP contribution in [0.3, 0.4) is 0 Å². The number of fused-ring (bicyclic) bond motifs is 1. The Bertz CT molecular complexity index is 948. The first-order chi connectivity index (χ1) is 11.8. The molecule has 1 fully saturated rings. The molecule has 0 aliphatic carbocycles. The van der Waals surface area contributed by atoms with Gasteiger partial charge in [-0.05, 0) is 22.4 Å². The van der Waals surface area contributed by atoms with Crippen molar-refractivity contribution in [1.29, 1.82) is 0 Å². The second-order valence-corrected chi connectivity index (χ2v) is 9.51. The first kappa shape index (κ1) is 18.2. The number of rotatable bonds is 6. The van der Waals surface area contributed by atoms with Crippen LogP contribution < -0.4 is 4.72 Å². The van der Waals surface area contributed by atoms with Crippen LogP contribution in [0, 0.1) is 0 Å². The van der Waals surface area contributed by atoms with Gasteiger partial charge < -0.3 is 0 Å². The first-order valence-corrected chi connectivity index (χ1v) is 11.0. The van der Waals surface area contributed by atoms with E-state index in [0.717, 1.165) is 0 Å². The van der Waals surface area contributed by atoms with Crippen LogP contribution in [-0.4, -0.2) is 81.9 Å². The summed E-state index contributed by atoms with van der Waals surface area (Å²) in [6.07, 6.45) is 1.19. The lowest BCUT2D eigenvalue weighted by Crippen LogP contribution is -2.49. The molecule has 1 aromatic heterocycles. The zero-order valence-electron chi connectivity index (χ0n) is 13.6. The van der Waals surface area contributed by atoms with Crippen LogP contribution in [-0.2, 0) is 20.0 Å². The van der Waals surface area contributed by atoms with Crippen molar-refractivity contribution >= 4 is 31.1 Å². The molecule has 0 radical (unpaired) electrons. The molecule has 3 rings (SSSR count). The van der Waals surface area contributed by atoms with Gasteiger partial charge in [0, 0.05) is 39.3 Å². The van der Waals surface area contributed by atoms with E-state index in [1.54, 1.807) is 12.1 Å². The predicted molar refractivity (Wildman–Crippen MR) is 89.8 cm³/mol. The molecule has 2 aromatic rings. The average Bonchev–Trinajstić information content (AvgIpc) is 3.02. The highest BCUT2D eigenvalue weighted by molar-refractivity contribution is 7.89. The maximum Gasteiger partial charge on any atom is 0.242 e. The van der Waals surface area contributed by atoms with E-state index in [0.29, 0.717) is 38.2 Å². The van der Waals surface area contributed by atoms with E-state index in [9.17, 15) is 16.8 Å². The van der Waals surface area contributed by atoms with Crippen molar-refractivity contribution in [2.75, 3.05) is 45.5 Å². The van der Waals surface area contributed by atoms with Gasteiger partial charge in [-0.1, -0.05) is 6.07 Å². The van der Waals surface area contributed by atoms with E-state index >= 15 is 0 Å². The molecule has 0 amide bonds. The third kappa shape index (κ3) is 4.15. The van der Waals surface area contributed by atoms with Crippen LogP contribution in [0.15, 0.2) is 27.7 Å². The van der Waals surface area contributed by atoms with E-state index < -0.39 is 20.0 Å². The molecule has 0 unspecified atom stereocenters. The lowest BCUT2D eigenvalue weighted by atomic mass is 10.3. The van der Waals surface area contributed by atoms with Crippen molar-refractivity contribution in [1.82, 2.24) is 24.2 Å². The Kier molecular flexibility index (Phi) is 5.06. The molecule has 2 heterocycles. The molecule has 1 N–H and O–H groups in total. The topological polar surface area (TPSA) is 126 Å². The second-order valence-electron chi connectivity index (χ2n) is 5.79. The minimum absolute atomic E-state index is 0.0214. The summed E-state index contributed by atoms with van der Waals surface area (Å²) >= 11 is 0. The van der Waals surface area contributed by atoms with Crippen LogP contribution in [0.5, 0.6) is 0 Å². The summed E-state index contributed by atoms with van der Waals surface area (Å²) in [4.78, 5) is 2.04. The molecule has 12 heteroatoms. The second kappa shape index (κ2) is 6.96. The molecule has 0 saturated carbocycles. The zero-order valence-corrected chi connectivity index (χ0v) is 15.3. The van der Waals surface area contributed by atoms with E-state index in [2.05, 4.69) is 19.7 Å². The molecule has 0 spiro atoms. The van der Waals surface area contributed by atoms with Crippen LogP contribution in [0.25, 0.3) is 11.0 Å². The summed E-state index contributed by atoms with van der Waals surface area (Å²) in [5.41, 5.74) is 0.566. The number of sulfonamides is 2. The number of hydrogen-bond acceptors (Lipinski definition) is 8. The summed E-state index contributed by atoms with van der Waals surface area (Å²) in [5.74, 6) is 0. The fourth-order valence-electron chi connectivity index (χ4n) is 2.70. The van der Waals surface area contributed by atoms with Crippen molar-refractivity contribution in [3.8, 4) is 0 Å². The highest BCUT2D eigenvalue weighted by atomic mass is 32.2. The van der Waals surface area contributed by atoms with Crippen LogP contribution in [0.4, 0.5) is 0 Å². The number of nitrogens with one attached hydrogen (secondary N) is 1. The summed E-state index contributed by atoms with van der Waals surface area (Å²) in [7, 11) is -6.91. The summed E-state index contributed by atoms with van der Waals surface area (Å²) < 4.78 is 56.4. The summed E-state index contributed by atoms with van der Waals surface area (Å²) in [5, 5.41) is 7.27. The van der Waals surface area contributed by atoms with Gasteiger partial charge >= 0.3 is 0 Å². The average molecular weight is 389 g/mol. The Hall–Kier alpha value is -1.60. The number of hydrogen-bond donors (Lipinski definition) is 1. The molecule has 1 saturated heterocycles. The molecule has 1 aliphatic heterocycles. The molecule has 10 nitrogen and oxygen atoms in total. The van der Waals surface area contributed by atoms with Gasteiger partial charge in [0.2, 0.25) is 20.0 Å². The zero-order chi connectivity index (χ0) is 18.1. The van der Waals surface area contributed by atoms with Gasteiger partial charge in [-0.3, -0.25) is 4.90 Å². The maximum atomic E-state index is 12.4. The molecule has 138 valence electrons. The Labute approximate surface area is 145 Å². The molecule has 25 heavy (non-hydrogen) atoms. The van der Waals surface area contributed by atoms with Gasteiger partial charge in [-0.15, -0.1) is 0 Å². The summed E-state index contributed by atoms with van der Waals surface area (Å²) in [6.45, 7) is 2.66. The van der Waals surface area contributed by atoms with E-state index in [1.807, 2.05) is 4.90 Å². The van der Waals surface area contributed by atoms with E-state index in [1.165, 1.54) is 16.6 Å². The number of aromatic nitrogens is 2. The highest BCUT2D eigenvalue weighted by Crippen LogP contribution is 2.19. The third-order valence-electron chi connectivity index (χ3n) is 4.06. The lowest BCUT2D eigenvalue weighted by molar-refractivity contribution is 0.192. The fraction of sp³-hybridized carbons (Fsp3) is 0.538. The molecular weight excluding hydrogens is 370 g/mol. The number of piperazine rings is 1. The Morgan fingerprint density at radius 2 is 1.84 bits per heavy atom. The van der Waals surface area contributed by atoms with Gasteiger partial charge in [0.1, 0.15) is 10.4 Å². The van der Waals surface area contributed by atoms with Crippen molar-refractivity contribution in [2.45, 2.75) is 4.90 Å². The predicted octanol–water partition coefficient (Wildman–Crippen LogP) is -0.922. The Balaban J connectivity index is 1.56. The minimum atomic E-state index is -3.74. The Morgan fingerprint density at radius 3 is 2.52 bits per heavy atom. The van der Waals surface area contributed by atoms with Gasteiger partial charge in [0.15, 0.2) is 5.52 Å². The van der Waals surface area contributed by atoms with Gasteiger partial charge in [0.05, 0.1) is 6.26 Å². The first-order valence-electron chi connectivity index (χ1n) is 7.66. The van der Waals surface area contributed by atoms with Crippen LogP contribution >= 0.6 is 0 Å². The van der Waals surface area contributed by atoms with Crippen molar-refractivity contribution in [2.24, 2.45) is 0 Å². The Morgan fingerprint density at radius 1 is 1.12 bits per heavy atom. The molecular formula is C13H19N5O5S2. The molecule has 0 bridgehead atoms. The molecule has 0 atom stereocenters. The van der Waals surface area contributed by atoms with E-state index in [-0.39, 0.29) is 17.0 Å². The fourth-order valence-corrected chi connectivity index (χ4v) is 4.70. The summed E-state index contributed by atoms with van der Waals surface area (Å²) in [6, 6.07) is 4.64. The normalized spacial score (nSPS) is 18.0. The molecule has 1 aromatic carbocycles. The number of nitrogens with zero attached hydrogens (tertiary/aromatic N) is 4. The van der Waals surface area contributed by atoms with Crippen LogP contribution in [0.1, 0.15) is 0 Å². The highest BCUT2D eigenvalue weighted by Gasteiger charge is 2.24. The monoisotopic (exact) mass is 389 g/mol. The quantitative estimate of drug-likeness (QED) is 0.672. The van der Waals surface area contributed by atoms with Crippen LogP contribution in [0.2, 0.25) is 0 Å². The number of benzene rings is 1. The van der Waals surface area contributed by atoms with Crippen molar-refractivity contribution in [3.63, 3.8) is 0 Å². The van der Waals surface area contributed by atoms with E-state index in [4.69, 9.17) is 0 Å². The lowest BCUT2D eigenvalue weighted by Gasteiger charge is -2.33. The van der Waals surface area contributed by atoms with Crippen molar-refractivity contribution < 1.29 is 21.5 Å². The van der Waals surface area contributed by atoms with Gasteiger partial charge in [-0.2, -0.15) is 4.31 Å². The minimum Gasteiger partial charge on any atom is -0.299 e. The SMILES string of the molecule is CS(=O)(=O)N1CCN(CCNS(=O)(=O)c2cccc3nonc23)CC1. The maximum absolute atomic E-state index is 12.4. The van der Waals surface area contributed by atoms with Gasteiger partial charge in [0.25, 0.3) is 0 Å². The largest absolute Gasteiger partial charge is 0.299 e. The standard InChI is InChI=1S/C13H19N5O5S2/c1-24(19,20)18-9-7-17(8-10-18)6-5-14-25(21,22)12-4-2-3-11-13(12)16-23-15-11/h2-4,14H,5-10H2,1H3. The third-order valence-corrected chi connectivity index (χ3v) is 6.85. The van der Waals surface area contributed by atoms with Gasteiger partial charge in [-0.25, -0.2) is 26.2 Å². The smallest absolute Gasteiger partial charge is 0.242 e. The molecule has 1 aliphatic rings.